The molecule has 1 aliphatic rings. The lowest BCUT2D eigenvalue weighted by Crippen LogP contribution is -2.30. The third kappa shape index (κ3) is 3.71. The maximum Gasteiger partial charge on any atom is 0.501 e. The molecular formula is C19H18F3NO4S. The first-order valence-electron chi connectivity index (χ1n) is 8.51. The predicted molar refractivity (Wildman–Crippen MR) is 95.7 cm³/mol. The normalized spacial score (nSPS) is 17.6. The van der Waals surface area contributed by atoms with Crippen molar-refractivity contribution < 1.29 is 31.1 Å². The second kappa shape index (κ2) is 7.46. The number of hydrogen-bond acceptors (Lipinski definition) is 4. The number of ether oxygens (including phenoxy) is 1. The van der Waals surface area contributed by atoms with Crippen LogP contribution in [0, 0.1) is 0 Å². The van der Waals surface area contributed by atoms with E-state index in [0.29, 0.717) is 12.3 Å². The van der Waals surface area contributed by atoms with Gasteiger partial charge in [0, 0.05) is 12.1 Å². The van der Waals surface area contributed by atoms with E-state index in [9.17, 15) is 26.4 Å². The quantitative estimate of drug-likeness (QED) is 0.761. The molecule has 1 amide bonds. The van der Waals surface area contributed by atoms with Crippen LogP contribution in [0.15, 0.2) is 53.4 Å². The summed E-state index contributed by atoms with van der Waals surface area (Å²) in [7, 11) is -3.89. The van der Waals surface area contributed by atoms with Crippen molar-refractivity contribution in [2.45, 2.75) is 29.3 Å². The first-order chi connectivity index (χ1) is 13.1. The van der Waals surface area contributed by atoms with Crippen molar-refractivity contribution in [2.24, 2.45) is 0 Å². The molecular weight excluding hydrogens is 395 g/mol. The Morgan fingerprint density at radius 1 is 1.14 bits per heavy atom. The van der Waals surface area contributed by atoms with Gasteiger partial charge < -0.3 is 9.64 Å². The third-order valence-electron chi connectivity index (χ3n) is 4.71. The van der Waals surface area contributed by atoms with E-state index >= 15 is 0 Å². The number of amides is 1. The van der Waals surface area contributed by atoms with Crippen LogP contribution in [0.25, 0.3) is 0 Å². The second-order valence-electron chi connectivity index (χ2n) is 6.41. The average molecular weight is 413 g/mol. The average Bonchev–Trinajstić information content (AvgIpc) is 3.16. The molecule has 0 bridgehead atoms. The Balaban J connectivity index is 1.85. The van der Waals surface area contributed by atoms with Crippen LogP contribution in [0.2, 0.25) is 0 Å². The highest BCUT2D eigenvalue weighted by atomic mass is 32.2. The Hall–Kier alpha value is -2.55. The first-order valence-corrected chi connectivity index (χ1v) is 10.00. The molecule has 3 rings (SSSR count). The predicted octanol–water partition coefficient (Wildman–Crippen LogP) is 3.97. The molecule has 1 saturated heterocycles. The van der Waals surface area contributed by atoms with Gasteiger partial charge in [0.25, 0.3) is 15.7 Å². The summed E-state index contributed by atoms with van der Waals surface area (Å²) in [5.41, 5.74) is -4.34. The van der Waals surface area contributed by atoms with Crippen molar-refractivity contribution >= 4 is 15.7 Å². The number of methoxy groups -OCH3 is 1. The van der Waals surface area contributed by atoms with Gasteiger partial charge in [-0.2, -0.15) is 13.2 Å². The van der Waals surface area contributed by atoms with Gasteiger partial charge in [-0.25, -0.2) is 8.42 Å². The van der Waals surface area contributed by atoms with Crippen LogP contribution in [0.4, 0.5) is 13.2 Å². The fourth-order valence-electron chi connectivity index (χ4n) is 3.28. The van der Waals surface area contributed by atoms with E-state index in [0.717, 1.165) is 42.7 Å². The van der Waals surface area contributed by atoms with Crippen molar-refractivity contribution in [3.8, 4) is 5.75 Å². The van der Waals surface area contributed by atoms with E-state index in [4.69, 9.17) is 4.74 Å². The van der Waals surface area contributed by atoms with Gasteiger partial charge in [-0.15, -0.1) is 0 Å². The largest absolute Gasteiger partial charge is 0.501 e. The van der Waals surface area contributed by atoms with Crippen LogP contribution in [0.5, 0.6) is 5.75 Å². The molecule has 2 aromatic carbocycles. The van der Waals surface area contributed by atoms with E-state index in [-0.39, 0.29) is 17.5 Å². The van der Waals surface area contributed by atoms with Crippen LogP contribution in [0.3, 0.4) is 0 Å². The van der Waals surface area contributed by atoms with E-state index < -0.39 is 20.2 Å². The number of nitrogens with zero attached hydrogens (tertiary/aromatic N) is 1. The van der Waals surface area contributed by atoms with Crippen LogP contribution in [0.1, 0.15) is 34.8 Å². The Bertz CT molecular complexity index is 971. The Morgan fingerprint density at radius 2 is 1.82 bits per heavy atom. The molecule has 0 radical (unpaired) electrons. The van der Waals surface area contributed by atoms with Gasteiger partial charge in [0.1, 0.15) is 5.75 Å². The lowest BCUT2D eigenvalue weighted by atomic mass is 10.0. The molecule has 1 aliphatic heterocycles. The highest BCUT2D eigenvalue weighted by molar-refractivity contribution is 7.92. The van der Waals surface area contributed by atoms with Gasteiger partial charge in [0.2, 0.25) is 0 Å². The fourth-order valence-corrected chi connectivity index (χ4v) is 4.04. The maximum absolute atomic E-state index is 12.9. The molecule has 0 saturated carbocycles. The summed E-state index contributed by atoms with van der Waals surface area (Å²) in [4.78, 5) is 13.6. The van der Waals surface area contributed by atoms with Gasteiger partial charge in [-0.05, 0) is 54.8 Å². The van der Waals surface area contributed by atoms with Crippen molar-refractivity contribution in [1.29, 1.82) is 0 Å². The zero-order chi connectivity index (χ0) is 20.5. The minimum absolute atomic E-state index is 0.135. The number of sulfone groups is 1. The highest BCUT2D eigenvalue weighted by Crippen LogP contribution is 2.35. The van der Waals surface area contributed by atoms with Crippen molar-refractivity contribution in [1.82, 2.24) is 4.90 Å². The number of hydrogen-bond donors (Lipinski definition) is 0. The molecule has 2 aromatic rings. The standard InChI is InChI=1S/C19H18F3NO4S/c1-27-15-5-2-4-14(12-15)17-6-3-11-23(17)18(24)13-7-9-16(10-8-13)28(25,26)19(20,21)22/h2,4-5,7-10,12,17H,3,6,11H2,1H3. The smallest absolute Gasteiger partial charge is 0.497 e. The molecule has 0 N–H and O–H groups in total. The molecule has 150 valence electrons. The SMILES string of the molecule is COc1cccc(C2CCCN2C(=O)c2ccc(S(=O)(=O)C(F)(F)F)cc2)c1. The summed E-state index contributed by atoms with van der Waals surface area (Å²) < 4.78 is 66.1. The van der Waals surface area contributed by atoms with Crippen LogP contribution in [-0.2, 0) is 9.84 Å². The monoisotopic (exact) mass is 413 g/mol. The van der Waals surface area contributed by atoms with Gasteiger partial charge >= 0.3 is 5.51 Å². The number of benzene rings is 2. The first kappa shape index (κ1) is 20.2. The molecule has 9 heteroatoms. The molecule has 0 aromatic heterocycles. The Morgan fingerprint density at radius 3 is 2.43 bits per heavy atom. The molecule has 1 atom stereocenters. The molecule has 1 heterocycles. The Labute approximate surface area is 160 Å². The third-order valence-corrected chi connectivity index (χ3v) is 6.21. The van der Waals surface area contributed by atoms with E-state index in [1.54, 1.807) is 18.1 Å². The van der Waals surface area contributed by atoms with Gasteiger partial charge in [-0.1, -0.05) is 12.1 Å². The van der Waals surface area contributed by atoms with Crippen LogP contribution in [-0.4, -0.2) is 38.4 Å². The second-order valence-corrected chi connectivity index (χ2v) is 8.35. The summed E-state index contributed by atoms with van der Waals surface area (Å²) in [6.07, 6.45) is 1.54. The van der Waals surface area contributed by atoms with Crippen molar-refractivity contribution in [3.63, 3.8) is 0 Å². The van der Waals surface area contributed by atoms with E-state index in [2.05, 4.69) is 0 Å². The van der Waals surface area contributed by atoms with Gasteiger partial charge in [-0.3, -0.25) is 4.79 Å². The van der Waals surface area contributed by atoms with E-state index in [1.165, 1.54) is 0 Å². The topological polar surface area (TPSA) is 63.7 Å². The zero-order valence-corrected chi connectivity index (χ0v) is 15.8. The maximum atomic E-state index is 12.9. The summed E-state index contributed by atoms with van der Waals surface area (Å²) in [6.45, 7) is 0.503. The molecule has 28 heavy (non-hydrogen) atoms. The minimum Gasteiger partial charge on any atom is -0.497 e. The number of carbonyl (C=O) groups excluding carboxylic acids is 1. The number of carbonyl (C=O) groups is 1. The zero-order valence-electron chi connectivity index (χ0n) is 14.9. The van der Waals surface area contributed by atoms with Gasteiger partial charge in [0.15, 0.2) is 0 Å². The van der Waals surface area contributed by atoms with Crippen molar-refractivity contribution in [2.75, 3.05) is 13.7 Å². The van der Waals surface area contributed by atoms with Crippen LogP contribution < -0.4 is 4.74 Å². The fraction of sp³-hybridized carbons (Fsp3) is 0.316. The molecule has 0 aliphatic carbocycles. The lowest BCUT2D eigenvalue weighted by molar-refractivity contribution is -0.0436. The Kier molecular flexibility index (Phi) is 5.38. The number of alkyl halides is 3. The molecule has 1 fully saturated rings. The molecule has 0 spiro atoms. The number of likely N-dealkylation sites (tertiary alicyclic amines) is 1. The lowest BCUT2D eigenvalue weighted by Gasteiger charge is -2.25. The minimum atomic E-state index is -5.44. The number of halogens is 3. The molecule has 5 nitrogen and oxygen atoms in total. The summed E-state index contributed by atoms with van der Waals surface area (Å²) in [6, 6.07) is 11.0. The summed E-state index contributed by atoms with van der Waals surface area (Å²) in [5, 5.41) is 0. The summed E-state index contributed by atoms with van der Waals surface area (Å²) in [5.74, 6) is 0.305. The van der Waals surface area contributed by atoms with E-state index in [1.807, 2.05) is 18.2 Å². The summed E-state index contributed by atoms with van der Waals surface area (Å²) >= 11 is 0. The number of rotatable bonds is 4. The van der Waals surface area contributed by atoms with Crippen molar-refractivity contribution in [3.05, 3.63) is 59.7 Å². The van der Waals surface area contributed by atoms with Gasteiger partial charge in [0.05, 0.1) is 18.0 Å². The van der Waals surface area contributed by atoms with Crippen LogP contribution >= 0.6 is 0 Å². The highest BCUT2D eigenvalue weighted by Gasteiger charge is 2.46. The molecule has 1 unspecified atom stereocenters.